The van der Waals surface area contributed by atoms with Gasteiger partial charge in [-0.3, -0.25) is 4.79 Å². The Labute approximate surface area is 190 Å². The number of carbonyl (C=O) groups is 1. The van der Waals surface area contributed by atoms with Crippen molar-refractivity contribution in [1.29, 1.82) is 0 Å². The van der Waals surface area contributed by atoms with Crippen molar-refractivity contribution in [3.05, 3.63) is 0 Å². The van der Waals surface area contributed by atoms with E-state index in [9.17, 15) is 4.79 Å². The molecule has 28 heavy (non-hydrogen) atoms. The maximum Gasteiger partial charge on any atom is 0.224 e. The Hall–Kier alpha value is 0.897. The van der Waals surface area contributed by atoms with Gasteiger partial charge >= 0.3 is 0 Å². The van der Waals surface area contributed by atoms with Crippen LogP contribution in [0.2, 0.25) is 0 Å². The minimum absolute atomic E-state index is 0.294. The van der Waals surface area contributed by atoms with Gasteiger partial charge in [0, 0.05) is 16.9 Å². The highest BCUT2D eigenvalue weighted by atomic mass is 32.4. The molecular weight excluding hydrogens is 421 g/mol. The quantitative estimate of drug-likeness (QED) is 0.112. The van der Waals surface area contributed by atoms with E-state index in [1.54, 1.807) is 0 Å². The van der Waals surface area contributed by atoms with Gasteiger partial charge in [-0.15, -0.1) is 11.8 Å². The molecule has 0 aliphatic heterocycles. The van der Waals surface area contributed by atoms with Crippen LogP contribution in [-0.2, 0) is 9.22 Å². The number of hydrogen-bond donors (Lipinski definition) is 0. The van der Waals surface area contributed by atoms with Gasteiger partial charge in [0.15, 0.2) is 5.12 Å². The van der Waals surface area contributed by atoms with Crippen LogP contribution in [0.15, 0.2) is 0 Å². The highest BCUT2D eigenvalue weighted by molar-refractivity contribution is 8.22. The zero-order chi connectivity index (χ0) is 21.3. The first-order chi connectivity index (χ1) is 13.5. The second kappa shape index (κ2) is 18.6. The fraction of sp³-hybridized carbons (Fsp3) is 0.955. The van der Waals surface area contributed by atoms with E-state index in [-0.39, 0.29) is 0 Å². The molecule has 0 radical (unpaired) electrons. The summed E-state index contributed by atoms with van der Waals surface area (Å²) in [6.07, 6.45) is 11.7. The van der Waals surface area contributed by atoms with Gasteiger partial charge in [0.2, 0.25) is 8.91 Å². The fourth-order valence-corrected chi connectivity index (χ4v) is 11.2. The SMILES string of the molecule is CCCCCC(=O)SCCCSC(C)O[SiH2]SC(CC)(CCC)C(CC)CC. The van der Waals surface area contributed by atoms with Crippen molar-refractivity contribution >= 4 is 48.8 Å². The summed E-state index contributed by atoms with van der Waals surface area (Å²) in [6.45, 7) is 13.8. The summed E-state index contributed by atoms with van der Waals surface area (Å²) >= 11 is 5.63. The molecule has 2 unspecified atom stereocenters. The molecule has 0 amide bonds. The van der Waals surface area contributed by atoms with E-state index in [1.807, 2.05) is 11.8 Å². The zero-order valence-corrected chi connectivity index (χ0v) is 23.3. The molecule has 168 valence electrons. The number of thioether (sulfide) groups is 2. The highest BCUT2D eigenvalue weighted by Crippen LogP contribution is 2.43. The Morgan fingerprint density at radius 3 is 2.29 bits per heavy atom. The third kappa shape index (κ3) is 12.6. The van der Waals surface area contributed by atoms with Crippen LogP contribution >= 0.6 is 34.7 Å². The summed E-state index contributed by atoms with van der Waals surface area (Å²) in [5.74, 6) is 2.87. The smallest absolute Gasteiger partial charge is 0.224 e. The predicted molar refractivity (Wildman–Crippen MR) is 137 cm³/mol. The molecule has 6 heteroatoms. The van der Waals surface area contributed by atoms with Gasteiger partial charge < -0.3 is 4.43 Å². The Balaban J connectivity index is 4.03. The molecule has 0 saturated heterocycles. The minimum Gasteiger partial charge on any atom is -0.401 e. The van der Waals surface area contributed by atoms with Crippen molar-refractivity contribution in [1.82, 2.24) is 0 Å². The molecule has 0 bridgehead atoms. The molecule has 2 nitrogen and oxygen atoms in total. The highest BCUT2D eigenvalue weighted by Gasteiger charge is 2.34. The number of unbranched alkanes of at least 4 members (excludes halogenated alkanes) is 2. The average molecular weight is 467 g/mol. The normalized spacial score (nSPS) is 15.4. The molecule has 0 rings (SSSR count). The summed E-state index contributed by atoms with van der Waals surface area (Å²) in [5.41, 5.74) is 0.294. The Bertz CT molecular complexity index is 381. The van der Waals surface area contributed by atoms with E-state index in [0.29, 0.717) is 15.3 Å². The molecule has 0 spiro atoms. The lowest BCUT2D eigenvalue weighted by atomic mass is 9.82. The third-order valence-electron chi connectivity index (χ3n) is 5.54. The molecule has 0 aromatic rings. The number of carbonyl (C=O) groups excluding carboxylic acids is 1. The lowest BCUT2D eigenvalue weighted by Crippen LogP contribution is -2.35. The summed E-state index contributed by atoms with van der Waals surface area (Å²) in [6, 6.07) is 0. The largest absolute Gasteiger partial charge is 0.401 e. The average Bonchev–Trinajstić information content (AvgIpc) is 2.68. The van der Waals surface area contributed by atoms with Crippen molar-refractivity contribution in [2.24, 2.45) is 5.92 Å². The molecular formula is C22H46O2S3Si. The second-order valence-electron chi connectivity index (χ2n) is 7.58. The second-order valence-corrected chi connectivity index (χ2v) is 13.4. The van der Waals surface area contributed by atoms with Crippen LogP contribution in [0.3, 0.4) is 0 Å². The van der Waals surface area contributed by atoms with Crippen LogP contribution in [0.25, 0.3) is 0 Å². The van der Waals surface area contributed by atoms with Gasteiger partial charge in [0.25, 0.3) is 0 Å². The van der Waals surface area contributed by atoms with Crippen LogP contribution in [0.5, 0.6) is 0 Å². The van der Waals surface area contributed by atoms with Crippen molar-refractivity contribution < 1.29 is 9.22 Å². The molecule has 0 fully saturated rings. The van der Waals surface area contributed by atoms with E-state index in [4.69, 9.17) is 4.43 Å². The Kier molecular flexibility index (Phi) is 19.2. The maximum atomic E-state index is 11.8. The topological polar surface area (TPSA) is 26.3 Å². The third-order valence-corrected chi connectivity index (χ3v) is 12.6. The summed E-state index contributed by atoms with van der Waals surface area (Å²) in [4.78, 5) is 11.8. The van der Waals surface area contributed by atoms with Gasteiger partial charge in [-0.25, -0.2) is 0 Å². The molecule has 0 heterocycles. The van der Waals surface area contributed by atoms with E-state index in [2.05, 4.69) is 52.8 Å². The maximum absolute atomic E-state index is 11.8. The first-order valence-corrected chi connectivity index (χ1v) is 16.8. The van der Waals surface area contributed by atoms with Crippen LogP contribution in [0.4, 0.5) is 0 Å². The molecule has 0 aromatic carbocycles. The molecule has 0 saturated carbocycles. The van der Waals surface area contributed by atoms with Gasteiger partial charge in [-0.05, 0) is 44.3 Å². The monoisotopic (exact) mass is 466 g/mol. The standard InChI is InChI=1S/C22H46O2S3Si/c1-7-12-13-15-21(23)26-18-14-17-25-19(6)24-28-27-22(11-5,16-8-2)20(9-3)10-4/h19-20H,7-18,28H2,1-6H3. The Morgan fingerprint density at radius 1 is 1.00 bits per heavy atom. The van der Waals surface area contributed by atoms with Gasteiger partial charge in [-0.2, -0.15) is 11.2 Å². The lowest BCUT2D eigenvalue weighted by Gasteiger charge is -2.39. The van der Waals surface area contributed by atoms with Crippen LogP contribution in [0.1, 0.15) is 106 Å². The fourth-order valence-electron chi connectivity index (χ4n) is 3.80. The van der Waals surface area contributed by atoms with Crippen LogP contribution in [-0.4, -0.2) is 35.7 Å². The van der Waals surface area contributed by atoms with Gasteiger partial charge in [0.1, 0.15) is 0 Å². The molecule has 0 aromatic heterocycles. The summed E-state index contributed by atoms with van der Waals surface area (Å²) in [7, 11) is -0.561. The van der Waals surface area contributed by atoms with E-state index in [1.165, 1.54) is 56.7 Å². The molecule has 0 aliphatic carbocycles. The molecule has 0 N–H and O–H groups in total. The Morgan fingerprint density at radius 2 is 1.71 bits per heavy atom. The first kappa shape index (κ1) is 28.9. The first-order valence-electron chi connectivity index (χ1n) is 11.5. The summed E-state index contributed by atoms with van der Waals surface area (Å²) < 4.78 is 6.70. The molecule has 0 aliphatic rings. The number of rotatable bonds is 19. The number of hydrogen-bond acceptors (Lipinski definition) is 5. The van der Waals surface area contributed by atoms with E-state index >= 15 is 0 Å². The van der Waals surface area contributed by atoms with E-state index < -0.39 is 8.91 Å². The minimum atomic E-state index is -0.561. The van der Waals surface area contributed by atoms with Crippen LogP contribution < -0.4 is 0 Å². The van der Waals surface area contributed by atoms with Gasteiger partial charge in [0.05, 0.1) is 5.44 Å². The molecule has 2 atom stereocenters. The van der Waals surface area contributed by atoms with Gasteiger partial charge in [-0.1, -0.05) is 78.5 Å². The van der Waals surface area contributed by atoms with Crippen LogP contribution in [0, 0.1) is 5.92 Å². The van der Waals surface area contributed by atoms with Crippen molar-refractivity contribution in [2.75, 3.05) is 11.5 Å². The zero-order valence-electron chi connectivity index (χ0n) is 19.4. The van der Waals surface area contributed by atoms with Crippen molar-refractivity contribution in [2.45, 2.75) is 116 Å². The van der Waals surface area contributed by atoms with Crippen molar-refractivity contribution in [3.8, 4) is 0 Å². The van der Waals surface area contributed by atoms with E-state index in [0.717, 1.165) is 36.7 Å². The van der Waals surface area contributed by atoms with Crippen molar-refractivity contribution in [3.63, 3.8) is 0 Å². The summed E-state index contributed by atoms with van der Waals surface area (Å²) in [5, 5.41) is 0.375. The predicted octanol–water partition coefficient (Wildman–Crippen LogP) is 7.43. The lowest BCUT2D eigenvalue weighted by molar-refractivity contribution is -0.111.